The van der Waals surface area contributed by atoms with Crippen LogP contribution in [0.15, 0.2) is 64.5 Å². The quantitative estimate of drug-likeness (QED) is 0.458. The van der Waals surface area contributed by atoms with Crippen LogP contribution >= 0.6 is 0 Å². The van der Waals surface area contributed by atoms with Gasteiger partial charge in [-0.1, -0.05) is 30.3 Å². The van der Waals surface area contributed by atoms with Gasteiger partial charge in [-0.25, -0.2) is 12.8 Å². The zero-order valence-corrected chi connectivity index (χ0v) is 15.8. The lowest BCUT2D eigenvalue weighted by Crippen LogP contribution is -2.39. The van der Waals surface area contributed by atoms with Gasteiger partial charge < -0.3 is 10.2 Å². The molecule has 140 valence electrons. The normalized spacial score (nSPS) is 12.0. The zero-order chi connectivity index (χ0) is 19.0. The number of guanidine groups is 1. The standard InChI is InChI=1S/C19H24FN3O2S/c1-21-19(23(2)15-16-9-11-17(20)12-10-16)22-13-6-14-26(24,25)18-7-4-3-5-8-18/h3-5,7-12H,6,13-15H2,1-2H3,(H,21,22). The van der Waals surface area contributed by atoms with E-state index in [1.807, 2.05) is 11.9 Å². The van der Waals surface area contributed by atoms with Gasteiger partial charge >= 0.3 is 0 Å². The van der Waals surface area contributed by atoms with Crippen molar-refractivity contribution < 1.29 is 12.8 Å². The highest BCUT2D eigenvalue weighted by Crippen LogP contribution is 2.11. The van der Waals surface area contributed by atoms with E-state index in [-0.39, 0.29) is 11.6 Å². The molecular formula is C19H24FN3O2S. The molecule has 26 heavy (non-hydrogen) atoms. The van der Waals surface area contributed by atoms with Crippen LogP contribution in [-0.2, 0) is 16.4 Å². The van der Waals surface area contributed by atoms with Gasteiger partial charge in [0.25, 0.3) is 0 Å². The van der Waals surface area contributed by atoms with E-state index in [0.29, 0.717) is 30.4 Å². The van der Waals surface area contributed by atoms with Gasteiger partial charge in [0, 0.05) is 27.2 Å². The topological polar surface area (TPSA) is 61.8 Å². The van der Waals surface area contributed by atoms with Gasteiger partial charge in [-0.05, 0) is 36.2 Å². The van der Waals surface area contributed by atoms with E-state index in [1.165, 1.54) is 12.1 Å². The predicted octanol–water partition coefficient (Wildman–Crippen LogP) is 2.70. The molecule has 0 saturated carbocycles. The van der Waals surface area contributed by atoms with E-state index in [4.69, 9.17) is 0 Å². The Morgan fingerprint density at radius 1 is 1.12 bits per heavy atom. The van der Waals surface area contributed by atoms with Gasteiger partial charge in [0.05, 0.1) is 10.6 Å². The fourth-order valence-electron chi connectivity index (χ4n) is 2.53. The molecule has 2 rings (SSSR count). The van der Waals surface area contributed by atoms with Crippen molar-refractivity contribution in [2.45, 2.75) is 17.9 Å². The molecule has 0 aliphatic rings. The maximum atomic E-state index is 13.0. The lowest BCUT2D eigenvalue weighted by Gasteiger charge is -2.22. The molecule has 0 radical (unpaired) electrons. The highest BCUT2D eigenvalue weighted by molar-refractivity contribution is 7.91. The van der Waals surface area contributed by atoms with E-state index in [0.717, 1.165) is 5.56 Å². The molecule has 1 N–H and O–H groups in total. The number of hydrogen-bond acceptors (Lipinski definition) is 3. The van der Waals surface area contributed by atoms with Crippen LogP contribution in [0.3, 0.4) is 0 Å². The van der Waals surface area contributed by atoms with Crippen molar-refractivity contribution in [3.8, 4) is 0 Å². The molecule has 0 aromatic heterocycles. The molecule has 2 aromatic rings. The van der Waals surface area contributed by atoms with Crippen molar-refractivity contribution in [3.05, 3.63) is 66.0 Å². The number of rotatable bonds is 7. The monoisotopic (exact) mass is 377 g/mol. The summed E-state index contributed by atoms with van der Waals surface area (Å²) in [5.41, 5.74) is 0.962. The molecule has 0 spiro atoms. The number of halogens is 1. The Morgan fingerprint density at radius 2 is 1.77 bits per heavy atom. The van der Waals surface area contributed by atoms with Crippen LogP contribution in [0.1, 0.15) is 12.0 Å². The molecule has 0 amide bonds. The van der Waals surface area contributed by atoms with Gasteiger partial charge in [-0.2, -0.15) is 0 Å². The first-order valence-electron chi connectivity index (χ1n) is 8.36. The molecule has 0 heterocycles. The second kappa shape index (κ2) is 9.33. The van der Waals surface area contributed by atoms with Crippen molar-refractivity contribution in [2.75, 3.05) is 26.4 Å². The van der Waals surface area contributed by atoms with E-state index in [1.54, 1.807) is 49.5 Å². The van der Waals surface area contributed by atoms with Crippen LogP contribution in [0.25, 0.3) is 0 Å². The fourth-order valence-corrected chi connectivity index (χ4v) is 3.86. The van der Waals surface area contributed by atoms with Crippen molar-refractivity contribution in [1.29, 1.82) is 0 Å². The molecule has 5 nitrogen and oxygen atoms in total. The SMILES string of the molecule is CN=C(NCCCS(=O)(=O)c1ccccc1)N(C)Cc1ccc(F)cc1. The van der Waals surface area contributed by atoms with E-state index >= 15 is 0 Å². The molecule has 0 aliphatic carbocycles. The Balaban J connectivity index is 1.82. The van der Waals surface area contributed by atoms with Crippen LogP contribution in [0.4, 0.5) is 4.39 Å². The summed E-state index contributed by atoms with van der Waals surface area (Å²) in [6.45, 7) is 1.06. The second-order valence-corrected chi connectivity index (χ2v) is 8.05. The average Bonchev–Trinajstić information content (AvgIpc) is 2.64. The minimum absolute atomic E-state index is 0.0721. The smallest absolute Gasteiger partial charge is 0.193 e. The molecule has 2 aromatic carbocycles. The van der Waals surface area contributed by atoms with Crippen molar-refractivity contribution in [2.24, 2.45) is 4.99 Å². The first kappa shape index (κ1) is 19.9. The number of sulfone groups is 1. The van der Waals surface area contributed by atoms with Crippen molar-refractivity contribution in [3.63, 3.8) is 0 Å². The molecule has 0 bridgehead atoms. The predicted molar refractivity (Wildman–Crippen MR) is 102 cm³/mol. The lowest BCUT2D eigenvalue weighted by atomic mass is 10.2. The fraction of sp³-hybridized carbons (Fsp3) is 0.316. The third-order valence-corrected chi connectivity index (χ3v) is 5.70. The number of aliphatic imine (C=N–C) groups is 1. The van der Waals surface area contributed by atoms with E-state index in [2.05, 4.69) is 10.3 Å². The second-order valence-electron chi connectivity index (χ2n) is 5.94. The highest BCUT2D eigenvalue weighted by Gasteiger charge is 2.13. The third-order valence-electron chi connectivity index (χ3n) is 3.88. The molecule has 0 unspecified atom stereocenters. The van der Waals surface area contributed by atoms with Crippen molar-refractivity contribution >= 4 is 15.8 Å². The number of nitrogens with one attached hydrogen (secondary N) is 1. The first-order chi connectivity index (χ1) is 12.4. The Kier molecular flexibility index (Phi) is 7.15. The summed E-state index contributed by atoms with van der Waals surface area (Å²) >= 11 is 0. The van der Waals surface area contributed by atoms with Gasteiger partial charge in [0.1, 0.15) is 5.82 Å². The number of benzene rings is 2. The van der Waals surface area contributed by atoms with Crippen molar-refractivity contribution in [1.82, 2.24) is 10.2 Å². The summed E-state index contributed by atoms with van der Waals surface area (Å²) in [7, 11) is 0.278. The van der Waals surface area contributed by atoms with Crippen LogP contribution in [-0.4, -0.2) is 45.7 Å². The summed E-state index contributed by atoms with van der Waals surface area (Å²) in [6.07, 6.45) is 0.473. The molecule has 0 fully saturated rings. The maximum Gasteiger partial charge on any atom is 0.193 e. The maximum absolute atomic E-state index is 13.0. The van der Waals surface area contributed by atoms with Crippen LogP contribution in [0.5, 0.6) is 0 Å². The van der Waals surface area contributed by atoms with E-state index < -0.39 is 9.84 Å². The Bertz CT molecular complexity index is 822. The third kappa shape index (κ3) is 5.84. The summed E-state index contributed by atoms with van der Waals surface area (Å²) in [6, 6.07) is 14.8. The number of hydrogen-bond donors (Lipinski definition) is 1. The van der Waals surface area contributed by atoms with Crippen LogP contribution in [0, 0.1) is 5.82 Å². The van der Waals surface area contributed by atoms with Gasteiger partial charge in [0.2, 0.25) is 0 Å². The number of nitrogens with zero attached hydrogens (tertiary/aromatic N) is 2. The minimum Gasteiger partial charge on any atom is -0.356 e. The lowest BCUT2D eigenvalue weighted by molar-refractivity contribution is 0.476. The molecule has 0 saturated heterocycles. The molecule has 7 heteroatoms. The summed E-state index contributed by atoms with van der Waals surface area (Å²) in [5.74, 6) is 0.466. The Hall–Kier alpha value is -2.41. The van der Waals surface area contributed by atoms with Gasteiger partial charge in [-0.15, -0.1) is 0 Å². The largest absolute Gasteiger partial charge is 0.356 e. The Labute approximate surface area is 154 Å². The minimum atomic E-state index is -3.27. The summed E-state index contributed by atoms with van der Waals surface area (Å²) < 4.78 is 37.5. The highest BCUT2D eigenvalue weighted by atomic mass is 32.2. The Morgan fingerprint density at radius 3 is 2.38 bits per heavy atom. The van der Waals surface area contributed by atoms with Gasteiger partial charge in [0.15, 0.2) is 15.8 Å². The van der Waals surface area contributed by atoms with E-state index in [9.17, 15) is 12.8 Å². The summed E-state index contributed by atoms with van der Waals surface area (Å²) in [4.78, 5) is 6.45. The average molecular weight is 377 g/mol. The van der Waals surface area contributed by atoms with Crippen LogP contribution < -0.4 is 5.32 Å². The first-order valence-corrected chi connectivity index (χ1v) is 10.0. The van der Waals surface area contributed by atoms with Gasteiger partial charge in [-0.3, -0.25) is 4.99 Å². The summed E-state index contributed by atoms with van der Waals surface area (Å²) in [5, 5.41) is 3.16. The zero-order valence-electron chi connectivity index (χ0n) is 15.0. The molecule has 0 atom stereocenters. The molecule has 0 aliphatic heterocycles. The molecular weight excluding hydrogens is 353 g/mol. The van der Waals surface area contributed by atoms with Crippen LogP contribution in [0.2, 0.25) is 0 Å².